The Balaban J connectivity index is 2.00. The van der Waals surface area contributed by atoms with Gasteiger partial charge >= 0.3 is 0 Å². The minimum absolute atomic E-state index is 0.0920. The van der Waals surface area contributed by atoms with Gasteiger partial charge in [0.25, 0.3) is 0 Å². The number of aryl methyl sites for hydroxylation is 1. The molecule has 124 valence electrons. The summed E-state index contributed by atoms with van der Waals surface area (Å²) < 4.78 is 51.6. The summed E-state index contributed by atoms with van der Waals surface area (Å²) in [5.41, 5.74) is 1.67. The van der Waals surface area contributed by atoms with E-state index in [-0.39, 0.29) is 18.3 Å². The molecule has 1 aromatic carbocycles. The van der Waals surface area contributed by atoms with Crippen molar-refractivity contribution in [2.24, 2.45) is 0 Å². The van der Waals surface area contributed by atoms with Gasteiger partial charge in [0.2, 0.25) is 20.0 Å². The predicted octanol–water partition coefficient (Wildman–Crippen LogP) is 0.838. The molecule has 1 unspecified atom stereocenters. The normalized spacial score (nSPS) is 20.4. The first-order chi connectivity index (χ1) is 10.2. The zero-order valence-electron chi connectivity index (χ0n) is 12.8. The fraction of sp³-hybridized carbons (Fsp3) is 0.571. The lowest BCUT2D eigenvalue weighted by Crippen LogP contribution is -2.42. The Kier molecular flexibility index (Phi) is 5.26. The molecular formula is C14H22N2O4S2. The van der Waals surface area contributed by atoms with Crippen LogP contribution in [-0.4, -0.2) is 46.5 Å². The van der Waals surface area contributed by atoms with Gasteiger partial charge in [-0.05, 0) is 30.9 Å². The van der Waals surface area contributed by atoms with Crippen LogP contribution in [0.5, 0.6) is 0 Å². The minimum Gasteiger partial charge on any atom is -0.213 e. The Bertz CT molecular complexity index is 729. The average Bonchev–Trinajstić information content (AvgIpc) is 2.87. The monoisotopic (exact) mass is 346 g/mol. The minimum atomic E-state index is -3.49. The van der Waals surface area contributed by atoms with E-state index in [1.54, 1.807) is 12.1 Å². The van der Waals surface area contributed by atoms with Crippen LogP contribution in [0.2, 0.25) is 0 Å². The first-order valence-corrected chi connectivity index (χ1v) is 10.7. The Hall–Kier alpha value is -0.960. The van der Waals surface area contributed by atoms with E-state index >= 15 is 0 Å². The van der Waals surface area contributed by atoms with Crippen molar-refractivity contribution in [1.29, 1.82) is 0 Å². The molecule has 1 heterocycles. The van der Waals surface area contributed by atoms with Gasteiger partial charge in [0.15, 0.2) is 0 Å². The summed E-state index contributed by atoms with van der Waals surface area (Å²) in [6.07, 6.45) is 2.60. The largest absolute Gasteiger partial charge is 0.215 e. The molecule has 1 N–H and O–H groups in total. The van der Waals surface area contributed by atoms with Gasteiger partial charge in [0.1, 0.15) is 0 Å². The lowest BCUT2D eigenvalue weighted by molar-refractivity contribution is 0.388. The van der Waals surface area contributed by atoms with E-state index in [4.69, 9.17) is 0 Å². The zero-order valence-corrected chi connectivity index (χ0v) is 14.5. The summed E-state index contributed by atoms with van der Waals surface area (Å²) in [4.78, 5) is 0. The molecule has 0 spiro atoms. The van der Waals surface area contributed by atoms with Crippen LogP contribution in [0.4, 0.5) is 0 Å². The van der Waals surface area contributed by atoms with E-state index in [9.17, 15) is 16.8 Å². The summed E-state index contributed by atoms with van der Waals surface area (Å²) in [6.45, 7) is 2.46. The Labute approximate surface area is 132 Å². The van der Waals surface area contributed by atoms with Crippen molar-refractivity contribution in [2.75, 3.05) is 19.3 Å². The molecule has 0 aromatic heterocycles. The molecule has 6 nitrogen and oxygen atoms in total. The van der Waals surface area contributed by atoms with Crippen LogP contribution in [-0.2, 0) is 25.8 Å². The quantitative estimate of drug-likeness (QED) is 0.827. The van der Waals surface area contributed by atoms with E-state index in [0.717, 1.165) is 23.8 Å². The second-order valence-electron chi connectivity index (χ2n) is 5.70. The summed E-state index contributed by atoms with van der Waals surface area (Å²) in [7, 11) is -6.77. The summed E-state index contributed by atoms with van der Waals surface area (Å²) >= 11 is 0. The van der Waals surface area contributed by atoms with Gasteiger partial charge in [0, 0.05) is 19.1 Å². The van der Waals surface area contributed by atoms with Crippen molar-refractivity contribution in [3.8, 4) is 0 Å². The van der Waals surface area contributed by atoms with Crippen molar-refractivity contribution in [1.82, 2.24) is 9.03 Å². The summed E-state index contributed by atoms with van der Waals surface area (Å²) in [5.74, 6) is -0.0920. The molecule has 1 atom stereocenters. The maximum Gasteiger partial charge on any atom is 0.215 e. The number of hydrogen-bond acceptors (Lipinski definition) is 4. The summed E-state index contributed by atoms with van der Waals surface area (Å²) in [5, 5.41) is 0. The third kappa shape index (κ3) is 4.52. The maximum atomic E-state index is 12.2. The standard InChI is InChI=1S/C14H22N2O4S2/c1-12-6-3-4-7-13(12)11-22(19,20)15-10-14-8-5-9-16(14)21(2,17)18/h3-4,6-7,14-15H,5,8-11H2,1-2H3. The summed E-state index contributed by atoms with van der Waals surface area (Å²) in [6, 6.07) is 7.03. The molecular weight excluding hydrogens is 324 g/mol. The highest BCUT2D eigenvalue weighted by atomic mass is 32.2. The van der Waals surface area contributed by atoms with Gasteiger partial charge in [-0.2, -0.15) is 4.31 Å². The fourth-order valence-corrected chi connectivity index (χ4v) is 5.16. The molecule has 2 rings (SSSR count). The topological polar surface area (TPSA) is 83.6 Å². The molecule has 1 fully saturated rings. The van der Waals surface area contributed by atoms with Crippen LogP contribution in [0.1, 0.15) is 24.0 Å². The predicted molar refractivity (Wildman–Crippen MR) is 86.4 cm³/mol. The van der Waals surface area contributed by atoms with Crippen molar-refractivity contribution in [2.45, 2.75) is 31.6 Å². The lowest BCUT2D eigenvalue weighted by Gasteiger charge is -2.22. The first kappa shape index (κ1) is 17.4. The number of sulfonamides is 2. The van der Waals surface area contributed by atoms with Crippen molar-refractivity contribution >= 4 is 20.0 Å². The highest BCUT2D eigenvalue weighted by Gasteiger charge is 2.32. The van der Waals surface area contributed by atoms with Gasteiger partial charge in [-0.25, -0.2) is 21.6 Å². The highest BCUT2D eigenvalue weighted by Crippen LogP contribution is 2.20. The Morgan fingerprint density at radius 1 is 1.23 bits per heavy atom. The van der Waals surface area contributed by atoms with Crippen molar-refractivity contribution in [3.05, 3.63) is 35.4 Å². The third-order valence-electron chi connectivity index (χ3n) is 3.89. The van der Waals surface area contributed by atoms with Crippen LogP contribution in [0.3, 0.4) is 0 Å². The lowest BCUT2D eigenvalue weighted by atomic mass is 10.1. The smallest absolute Gasteiger partial charge is 0.213 e. The second-order valence-corrected chi connectivity index (χ2v) is 9.45. The Morgan fingerprint density at radius 3 is 2.55 bits per heavy atom. The molecule has 0 aliphatic carbocycles. The molecule has 1 aromatic rings. The SMILES string of the molecule is Cc1ccccc1CS(=O)(=O)NCC1CCCN1S(C)(=O)=O. The molecule has 8 heteroatoms. The fourth-order valence-electron chi connectivity index (χ4n) is 2.70. The average molecular weight is 346 g/mol. The number of rotatable bonds is 6. The van der Waals surface area contributed by atoms with Crippen LogP contribution in [0, 0.1) is 6.92 Å². The van der Waals surface area contributed by atoms with E-state index in [0.29, 0.717) is 13.0 Å². The van der Waals surface area contributed by atoms with Crippen LogP contribution in [0.15, 0.2) is 24.3 Å². The number of hydrogen-bond donors (Lipinski definition) is 1. The van der Waals surface area contributed by atoms with Crippen LogP contribution < -0.4 is 4.72 Å². The molecule has 0 amide bonds. The molecule has 22 heavy (non-hydrogen) atoms. The van der Waals surface area contributed by atoms with Gasteiger partial charge in [0.05, 0.1) is 12.0 Å². The molecule has 1 saturated heterocycles. The van der Waals surface area contributed by atoms with Gasteiger partial charge in [-0.1, -0.05) is 24.3 Å². The van der Waals surface area contributed by atoms with E-state index in [2.05, 4.69) is 4.72 Å². The zero-order chi connectivity index (χ0) is 16.4. The van der Waals surface area contributed by atoms with E-state index in [1.165, 1.54) is 4.31 Å². The molecule has 1 aliphatic heterocycles. The molecule has 0 bridgehead atoms. The number of benzene rings is 1. The van der Waals surface area contributed by atoms with E-state index in [1.807, 2.05) is 19.1 Å². The molecule has 1 aliphatic rings. The van der Waals surface area contributed by atoms with Gasteiger partial charge in [-0.3, -0.25) is 0 Å². The number of nitrogens with one attached hydrogen (secondary N) is 1. The van der Waals surface area contributed by atoms with Gasteiger partial charge < -0.3 is 0 Å². The second kappa shape index (κ2) is 6.66. The number of nitrogens with zero attached hydrogens (tertiary/aromatic N) is 1. The molecule has 0 saturated carbocycles. The van der Waals surface area contributed by atoms with E-state index < -0.39 is 20.0 Å². The van der Waals surface area contributed by atoms with Crippen LogP contribution in [0.25, 0.3) is 0 Å². The first-order valence-electron chi connectivity index (χ1n) is 7.18. The Morgan fingerprint density at radius 2 is 1.91 bits per heavy atom. The van der Waals surface area contributed by atoms with Crippen LogP contribution >= 0.6 is 0 Å². The third-order valence-corrected chi connectivity index (χ3v) is 6.52. The van der Waals surface area contributed by atoms with Crippen molar-refractivity contribution < 1.29 is 16.8 Å². The van der Waals surface area contributed by atoms with Gasteiger partial charge in [-0.15, -0.1) is 0 Å². The maximum absolute atomic E-state index is 12.2. The highest BCUT2D eigenvalue weighted by molar-refractivity contribution is 7.88. The van der Waals surface area contributed by atoms with Crippen molar-refractivity contribution in [3.63, 3.8) is 0 Å². The molecule has 0 radical (unpaired) electrons.